The van der Waals surface area contributed by atoms with E-state index in [-0.39, 0.29) is 24.2 Å². The van der Waals surface area contributed by atoms with E-state index < -0.39 is 12.3 Å². The lowest BCUT2D eigenvalue weighted by molar-refractivity contribution is -0.143. The third-order valence-electron chi connectivity index (χ3n) is 6.10. The average molecular weight is 458 g/mol. The molecule has 1 aromatic heterocycles. The van der Waals surface area contributed by atoms with Crippen LogP contribution in [-0.2, 0) is 27.4 Å². The number of imide groups is 1. The van der Waals surface area contributed by atoms with Crippen molar-refractivity contribution in [3.63, 3.8) is 0 Å². The zero-order chi connectivity index (χ0) is 23.7. The topological polar surface area (TPSA) is 133 Å². The Bertz CT molecular complexity index is 1280. The standard InChI is InChI=1S/C24H22N6O4/c1-33-23-17-10-14(12-26-24-29-28-22(34-24)15-5-3-2-4-6-15)9-16(11-25)18(17)13-30(23)19-7-8-20(31)27-21(19)32/h2-6,9-10,19,23H,7-8,12-13H2,1H3,(H,26,29)(H,27,31,32). The summed E-state index contributed by atoms with van der Waals surface area (Å²) in [7, 11) is 1.57. The number of ether oxygens (including phenoxy) is 1. The first-order valence-corrected chi connectivity index (χ1v) is 10.9. The molecule has 5 rings (SSSR count). The lowest BCUT2D eigenvalue weighted by atomic mass is 9.99. The maximum Gasteiger partial charge on any atom is 0.316 e. The fraction of sp³-hybridized carbons (Fsp3) is 0.292. The first-order valence-electron chi connectivity index (χ1n) is 10.9. The van der Waals surface area contributed by atoms with E-state index in [0.717, 1.165) is 22.3 Å². The van der Waals surface area contributed by atoms with E-state index in [1.54, 1.807) is 13.2 Å². The minimum absolute atomic E-state index is 0.269. The van der Waals surface area contributed by atoms with E-state index in [1.807, 2.05) is 41.3 Å². The van der Waals surface area contributed by atoms with E-state index in [4.69, 9.17) is 9.15 Å². The van der Waals surface area contributed by atoms with Crippen LogP contribution in [0.4, 0.5) is 6.01 Å². The van der Waals surface area contributed by atoms with Crippen molar-refractivity contribution in [2.45, 2.75) is 38.2 Å². The Labute approximate surface area is 195 Å². The van der Waals surface area contributed by atoms with Crippen LogP contribution in [0.1, 0.15) is 41.3 Å². The Balaban J connectivity index is 1.36. The molecule has 0 bridgehead atoms. The fourth-order valence-electron chi connectivity index (χ4n) is 4.50. The average Bonchev–Trinajstić information content (AvgIpc) is 3.47. The number of anilines is 1. The fourth-order valence-corrected chi connectivity index (χ4v) is 4.50. The van der Waals surface area contributed by atoms with Gasteiger partial charge in [-0.25, -0.2) is 0 Å². The number of nitrogens with zero attached hydrogens (tertiary/aromatic N) is 4. The number of fused-ring (bicyclic) bond motifs is 1. The van der Waals surface area contributed by atoms with Gasteiger partial charge in [-0.1, -0.05) is 23.3 Å². The van der Waals surface area contributed by atoms with Crippen molar-refractivity contribution in [3.8, 4) is 17.5 Å². The molecule has 0 radical (unpaired) electrons. The van der Waals surface area contributed by atoms with Crippen molar-refractivity contribution in [1.82, 2.24) is 20.4 Å². The van der Waals surface area contributed by atoms with Crippen molar-refractivity contribution in [2.75, 3.05) is 12.4 Å². The zero-order valence-electron chi connectivity index (χ0n) is 18.4. The lowest BCUT2D eigenvalue weighted by Gasteiger charge is -2.33. The summed E-state index contributed by atoms with van der Waals surface area (Å²) in [6, 6.07) is 15.3. The maximum absolute atomic E-state index is 12.5. The van der Waals surface area contributed by atoms with E-state index in [1.165, 1.54) is 0 Å². The summed E-state index contributed by atoms with van der Waals surface area (Å²) in [6.07, 6.45) is 0.185. The number of nitrogens with one attached hydrogen (secondary N) is 2. The highest BCUT2D eigenvalue weighted by molar-refractivity contribution is 6.00. The Kier molecular flexibility index (Phi) is 5.79. The van der Waals surface area contributed by atoms with Gasteiger partial charge in [0.2, 0.25) is 17.7 Å². The number of piperidine rings is 1. The van der Waals surface area contributed by atoms with Crippen molar-refractivity contribution in [2.24, 2.45) is 0 Å². The molecular formula is C24H22N6O4. The first-order chi connectivity index (χ1) is 16.6. The van der Waals surface area contributed by atoms with Gasteiger partial charge in [0.25, 0.3) is 0 Å². The molecule has 2 aliphatic heterocycles. The van der Waals surface area contributed by atoms with Gasteiger partial charge < -0.3 is 14.5 Å². The monoisotopic (exact) mass is 458 g/mol. The zero-order valence-corrected chi connectivity index (χ0v) is 18.4. The number of benzene rings is 2. The molecule has 3 heterocycles. The second-order valence-electron chi connectivity index (χ2n) is 8.18. The van der Waals surface area contributed by atoms with Gasteiger partial charge in [0.15, 0.2) is 0 Å². The summed E-state index contributed by atoms with van der Waals surface area (Å²) in [4.78, 5) is 25.9. The van der Waals surface area contributed by atoms with Gasteiger partial charge in [0.05, 0.1) is 17.7 Å². The smallest absolute Gasteiger partial charge is 0.316 e. The minimum Gasteiger partial charge on any atom is -0.403 e. The molecule has 0 aliphatic carbocycles. The Morgan fingerprint density at radius 2 is 2.09 bits per heavy atom. The predicted octanol–water partition coefficient (Wildman–Crippen LogP) is 2.49. The highest BCUT2D eigenvalue weighted by atomic mass is 16.5. The SMILES string of the molecule is COC1c2cc(CNc3nnc(-c4ccccc4)o3)cc(C#N)c2CN1C1CCC(=O)NC1=O. The van der Waals surface area contributed by atoms with Crippen LogP contribution in [0.3, 0.4) is 0 Å². The highest BCUT2D eigenvalue weighted by Crippen LogP contribution is 2.39. The van der Waals surface area contributed by atoms with Gasteiger partial charge in [0, 0.05) is 37.7 Å². The summed E-state index contributed by atoms with van der Waals surface area (Å²) in [5, 5.41) is 23.4. The van der Waals surface area contributed by atoms with Crippen LogP contribution >= 0.6 is 0 Å². The molecule has 2 unspecified atom stereocenters. The van der Waals surface area contributed by atoms with Gasteiger partial charge in [0.1, 0.15) is 6.23 Å². The Morgan fingerprint density at radius 1 is 1.26 bits per heavy atom. The third kappa shape index (κ3) is 4.03. The summed E-state index contributed by atoms with van der Waals surface area (Å²) >= 11 is 0. The molecule has 2 atom stereocenters. The number of aromatic nitrogens is 2. The van der Waals surface area contributed by atoms with Crippen LogP contribution in [0.25, 0.3) is 11.5 Å². The van der Waals surface area contributed by atoms with Crippen LogP contribution in [0, 0.1) is 11.3 Å². The van der Waals surface area contributed by atoms with Crippen molar-refractivity contribution >= 4 is 17.8 Å². The second-order valence-corrected chi connectivity index (χ2v) is 8.18. The number of amides is 2. The van der Waals surface area contributed by atoms with Crippen molar-refractivity contribution in [3.05, 3.63) is 64.7 Å². The molecule has 10 heteroatoms. The summed E-state index contributed by atoms with van der Waals surface area (Å²) in [5.74, 6) is -0.194. The Hall–Kier alpha value is -4.07. The van der Waals surface area contributed by atoms with Gasteiger partial charge >= 0.3 is 6.01 Å². The summed E-state index contributed by atoms with van der Waals surface area (Å²) < 4.78 is 11.4. The quantitative estimate of drug-likeness (QED) is 0.534. The molecule has 2 aliphatic rings. The molecule has 0 spiro atoms. The molecular weight excluding hydrogens is 436 g/mol. The minimum atomic E-state index is -0.502. The number of carbonyl (C=O) groups is 2. The van der Waals surface area contributed by atoms with Crippen LogP contribution in [0.5, 0.6) is 0 Å². The van der Waals surface area contributed by atoms with E-state index in [0.29, 0.717) is 31.0 Å². The Morgan fingerprint density at radius 3 is 2.82 bits per heavy atom. The van der Waals surface area contributed by atoms with Crippen molar-refractivity contribution in [1.29, 1.82) is 5.26 Å². The lowest BCUT2D eigenvalue weighted by Crippen LogP contribution is -2.52. The van der Waals surface area contributed by atoms with Crippen LogP contribution in [0.2, 0.25) is 0 Å². The van der Waals surface area contributed by atoms with Crippen molar-refractivity contribution < 1.29 is 18.7 Å². The number of nitriles is 1. The maximum atomic E-state index is 12.5. The van der Waals surface area contributed by atoms with Crippen LogP contribution < -0.4 is 10.6 Å². The number of hydrogen-bond donors (Lipinski definition) is 2. The molecule has 0 saturated carbocycles. The molecule has 2 amide bonds. The van der Waals surface area contributed by atoms with Crippen LogP contribution in [-0.4, -0.2) is 40.1 Å². The molecule has 172 valence electrons. The number of rotatable bonds is 6. The second kappa shape index (κ2) is 9.05. The van der Waals surface area contributed by atoms with Gasteiger partial charge in [-0.15, -0.1) is 5.10 Å². The number of carbonyl (C=O) groups excluding carboxylic acids is 2. The normalized spacial score (nSPS) is 20.0. The summed E-state index contributed by atoms with van der Waals surface area (Å²) in [6.45, 7) is 0.744. The van der Waals surface area contributed by atoms with E-state index in [9.17, 15) is 14.9 Å². The molecule has 2 aromatic carbocycles. The predicted molar refractivity (Wildman–Crippen MR) is 120 cm³/mol. The van der Waals surface area contributed by atoms with Crippen LogP contribution in [0.15, 0.2) is 46.9 Å². The van der Waals surface area contributed by atoms with Gasteiger partial charge in [-0.2, -0.15) is 5.26 Å². The van der Waals surface area contributed by atoms with Gasteiger partial charge in [-0.3, -0.25) is 19.8 Å². The summed E-state index contributed by atoms with van der Waals surface area (Å²) in [5.41, 5.74) is 3.83. The highest BCUT2D eigenvalue weighted by Gasteiger charge is 2.41. The molecule has 1 fully saturated rings. The first kappa shape index (κ1) is 21.8. The number of methoxy groups -OCH3 is 1. The molecule has 1 saturated heterocycles. The van der Waals surface area contributed by atoms with Gasteiger partial charge in [-0.05, 0) is 41.8 Å². The third-order valence-corrected chi connectivity index (χ3v) is 6.10. The molecule has 3 aromatic rings. The molecule has 10 nitrogen and oxygen atoms in total. The largest absolute Gasteiger partial charge is 0.403 e. The van der Waals surface area contributed by atoms with E-state index in [2.05, 4.69) is 26.9 Å². The number of hydrogen-bond acceptors (Lipinski definition) is 9. The molecule has 34 heavy (non-hydrogen) atoms. The van der Waals surface area contributed by atoms with E-state index >= 15 is 0 Å². The molecule has 2 N–H and O–H groups in total.